The third-order valence-corrected chi connectivity index (χ3v) is 2.03. The van der Waals surface area contributed by atoms with Crippen LogP contribution in [0.3, 0.4) is 0 Å². The molecule has 0 amide bonds. The van der Waals surface area contributed by atoms with E-state index in [0.717, 1.165) is 6.42 Å². The highest BCUT2D eigenvalue weighted by molar-refractivity contribution is 6.08. The minimum Gasteiger partial charge on any atom is -0.356 e. The standard InChI is InChI=1S/C6H16O2Si.H3N/c1-7-6(8-2)4-3-5-9;/h6H,3-5H2,1-2,9H3;1H3. The van der Waals surface area contributed by atoms with E-state index in [1.807, 2.05) is 0 Å². The van der Waals surface area contributed by atoms with E-state index in [0.29, 0.717) is 0 Å². The normalized spacial score (nSPS) is 9.90. The molecule has 0 aliphatic carbocycles. The zero-order valence-electron chi connectivity index (χ0n) is 7.22. The maximum atomic E-state index is 4.99. The molecule has 0 saturated heterocycles. The van der Waals surface area contributed by atoms with Crippen LogP contribution in [0.2, 0.25) is 6.04 Å². The van der Waals surface area contributed by atoms with Crippen molar-refractivity contribution in [1.82, 2.24) is 6.15 Å². The van der Waals surface area contributed by atoms with Crippen molar-refractivity contribution in [1.29, 1.82) is 0 Å². The largest absolute Gasteiger partial charge is 0.356 e. The van der Waals surface area contributed by atoms with Gasteiger partial charge in [-0.2, -0.15) is 0 Å². The molecule has 0 atom stereocenters. The number of ether oxygens (including phenoxy) is 2. The lowest BCUT2D eigenvalue weighted by Crippen LogP contribution is -2.12. The Bertz CT molecular complexity index is 59.7. The number of rotatable bonds is 5. The first-order chi connectivity index (χ1) is 4.35. The first-order valence-corrected chi connectivity index (χ1v) is 4.82. The third kappa shape index (κ3) is 6.22. The summed E-state index contributed by atoms with van der Waals surface area (Å²) in [5.74, 6) is 0. The summed E-state index contributed by atoms with van der Waals surface area (Å²) in [6.07, 6.45) is 2.30. The van der Waals surface area contributed by atoms with Gasteiger partial charge < -0.3 is 15.6 Å². The molecule has 0 heterocycles. The topological polar surface area (TPSA) is 53.5 Å². The Balaban J connectivity index is 0. The first-order valence-electron chi connectivity index (χ1n) is 3.40. The van der Waals surface area contributed by atoms with Gasteiger partial charge >= 0.3 is 0 Å². The fraction of sp³-hybridized carbons (Fsp3) is 1.00. The van der Waals surface area contributed by atoms with Gasteiger partial charge in [0, 0.05) is 24.5 Å². The van der Waals surface area contributed by atoms with Gasteiger partial charge in [-0.3, -0.25) is 0 Å². The van der Waals surface area contributed by atoms with E-state index in [4.69, 9.17) is 9.47 Å². The molecule has 0 rings (SSSR count). The Hall–Kier alpha value is 0.0969. The van der Waals surface area contributed by atoms with Gasteiger partial charge in [-0.1, -0.05) is 12.5 Å². The van der Waals surface area contributed by atoms with Crippen molar-refractivity contribution in [3.05, 3.63) is 0 Å². The third-order valence-electron chi connectivity index (χ3n) is 1.32. The Labute approximate surface area is 66.1 Å². The smallest absolute Gasteiger partial charge is 0.156 e. The summed E-state index contributed by atoms with van der Waals surface area (Å²) in [6.45, 7) is 0. The molecule has 4 heteroatoms. The first kappa shape index (κ1) is 12.7. The van der Waals surface area contributed by atoms with Crippen LogP contribution in [0.4, 0.5) is 0 Å². The fourth-order valence-corrected chi connectivity index (χ4v) is 1.11. The van der Waals surface area contributed by atoms with Crippen LogP contribution in [0.5, 0.6) is 0 Å². The van der Waals surface area contributed by atoms with E-state index in [1.165, 1.54) is 22.7 Å². The van der Waals surface area contributed by atoms with E-state index < -0.39 is 0 Å². The molecule has 0 unspecified atom stereocenters. The van der Waals surface area contributed by atoms with Crippen LogP contribution in [-0.2, 0) is 9.47 Å². The van der Waals surface area contributed by atoms with Gasteiger partial charge in [0.25, 0.3) is 0 Å². The van der Waals surface area contributed by atoms with Gasteiger partial charge in [-0.25, -0.2) is 0 Å². The van der Waals surface area contributed by atoms with Crippen molar-refractivity contribution in [2.24, 2.45) is 0 Å². The van der Waals surface area contributed by atoms with Gasteiger partial charge in [-0.15, -0.1) is 0 Å². The lowest BCUT2D eigenvalue weighted by molar-refractivity contribution is -0.106. The van der Waals surface area contributed by atoms with Crippen molar-refractivity contribution in [2.75, 3.05) is 14.2 Å². The summed E-state index contributed by atoms with van der Waals surface area (Å²) < 4.78 is 9.99. The van der Waals surface area contributed by atoms with Gasteiger partial charge in [0.1, 0.15) is 0 Å². The molecular weight excluding hydrogens is 146 g/mol. The molecule has 0 fully saturated rings. The fourth-order valence-electron chi connectivity index (χ4n) is 0.703. The molecule has 0 spiro atoms. The van der Waals surface area contributed by atoms with Crippen LogP contribution >= 0.6 is 0 Å². The lowest BCUT2D eigenvalue weighted by atomic mass is 10.3. The van der Waals surface area contributed by atoms with Crippen LogP contribution in [-0.4, -0.2) is 30.8 Å². The molecule has 10 heavy (non-hydrogen) atoms. The SMILES string of the molecule is COC(CCC[SiH3])OC.N. The second-order valence-electron chi connectivity index (χ2n) is 2.04. The highest BCUT2D eigenvalue weighted by Crippen LogP contribution is 2.02. The Morgan fingerprint density at radius 3 is 2.10 bits per heavy atom. The van der Waals surface area contributed by atoms with Crippen LogP contribution in [0.15, 0.2) is 0 Å². The van der Waals surface area contributed by atoms with Crippen LogP contribution in [0.25, 0.3) is 0 Å². The summed E-state index contributed by atoms with van der Waals surface area (Å²) in [7, 11) is 4.65. The average molecular weight is 165 g/mol. The van der Waals surface area contributed by atoms with E-state index in [1.54, 1.807) is 14.2 Å². The summed E-state index contributed by atoms with van der Waals surface area (Å²) in [6, 6.07) is 1.34. The predicted octanol–water partition coefficient (Wildman–Crippen LogP) is 0.331. The second-order valence-corrected chi connectivity index (χ2v) is 3.04. The van der Waals surface area contributed by atoms with Gasteiger partial charge in [-0.05, 0) is 6.42 Å². The highest BCUT2D eigenvalue weighted by Gasteiger charge is 2.01. The number of methoxy groups -OCH3 is 2. The van der Waals surface area contributed by atoms with Gasteiger partial charge in [0.05, 0.1) is 0 Å². The zero-order valence-corrected chi connectivity index (χ0v) is 9.22. The lowest BCUT2D eigenvalue weighted by Gasteiger charge is -2.11. The molecule has 0 saturated carbocycles. The second kappa shape index (κ2) is 9.10. The maximum absolute atomic E-state index is 4.99. The predicted molar refractivity (Wildman–Crippen MR) is 46.8 cm³/mol. The summed E-state index contributed by atoms with van der Waals surface area (Å²) >= 11 is 0. The number of hydrogen-bond donors (Lipinski definition) is 1. The Morgan fingerprint density at radius 1 is 1.30 bits per heavy atom. The van der Waals surface area contributed by atoms with Crippen LogP contribution in [0.1, 0.15) is 12.8 Å². The summed E-state index contributed by atoms with van der Waals surface area (Å²) in [5, 5.41) is 0. The number of hydrogen-bond acceptors (Lipinski definition) is 3. The molecule has 0 aromatic heterocycles. The van der Waals surface area contributed by atoms with Crippen LogP contribution in [0, 0.1) is 0 Å². The summed E-state index contributed by atoms with van der Waals surface area (Å²) in [5.41, 5.74) is 0. The van der Waals surface area contributed by atoms with Gasteiger partial charge in [0.2, 0.25) is 0 Å². The minimum atomic E-state index is 0. The molecule has 3 nitrogen and oxygen atoms in total. The van der Waals surface area contributed by atoms with Crippen LogP contribution < -0.4 is 6.15 Å². The van der Waals surface area contributed by atoms with E-state index in [9.17, 15) is 0 Å². The average Bonchev–Trinajstić information content (AvgIpc) is 1.91. The quantitative estimate of drug-likeness (QED) is 0.472. The Kier molecular flexibility index (Phi) is 11.6. The monoisotopic (exact) mass is 165 g/mol. The van der Waals surface area contributed by atoms with Crippen molar-refractivity contribution < 1.29 is 9.47 Å². The molecule has 64 valence electrons. The molecular formula is C6H19NO2Si. The van der Waals surface area contributed by atoms with E-state index in [-0.39, 0.29) is 12.4 Å². The van der Waals surface area contributed by atoms with Gasteiger partial charge in [0.15, 0.2) is 6.29 Å². The molecule has 3 N–H and O–H groups in total. The van der Waals surface area contributed by atoms with E-state index in [2.05, 4.69) is 0 Å². The van der Waals surface area contributed by atoms with E-state index >= 15 is 0 Å². The highest BCUT2D eigenvalue weighted by atomic mass is 28.1. The molecule has 0 bridgehead atoms. The van der Waals surface area contributed by atoms with Crippen molar-refractivity contribution >= 4 is 10.2 Å². The van der Waals surface area contributed by atoms with Crippen molar-refractivity contribution in [3.8, 4) is 0 Å². The molecule has 0 aliphatic heterocycles. The molecule has 0 aromatic rings. The Morgan fingerprint density at radius 2 is 1.80 bits per heavy atom. The van der Waals surface area contributed by atoms with Crippen molar-refractivity contribution in [3.63, 3.8) is 0 Å². The summed E-state index contributed by atoms with van der Waals surface area (Å²) in [4.78, 5) is 0. The van der Waals surface area contributed by atoms with Crippen molar-refractivity contribution in [2.45, 2.75) is 25.2 Å². The molecule has 0 radical (unpaired) electrons. The molecule has 0 aliphatic rings. The maximum Gasteiger partial charge on any atom is 0.156 e. The molecule has 0 aromatic carbocycles. The minimum absolute atomic E-state index is 0. The zero-order chi connectivity index (χ0) is 7.11.